The Morgan fingerprint density at radius 1 is 1.09 bits per heavy atom. The van der Waals surface area contributed by atoms with Crippen LogP contribution in [0.1, 0.15) is 59.8 Å². The molecule has 192 valence electrons. The van der Waals surface area contributed by atoms with E-state index < -0.39 is 18.1 Å². The molecule has 0 spiro atoms. The summed E-state index contributed by atoms with van der Waals surface area (Å²) >= 11 is 5.31. The Balaban J connectivity index is 2.44. The Morgan fingerprint density at radius 3 is 2.26 bits per heavy atom. The van der Waals surface area contributed by atoms with Crippen LogP contribution in [-0.4, -0.2) is 71.3 Å². The average Bonchev–Trinajstić information content (AvgIpc) is 2.98. The van der Waals surface area contributed by atoms with Gasteiger partial charge in [-0.1, -0.05) is 20.8 Å². The van der Waals surface area contributed by atoms with E-state index in [2.05, 4.69) is 21.3 Å². The van der Waals surface area contributed by atoms with Gasteiger partial charge in [-0.25, -0.2) is 4.79 Å². The molecule has 1 aliphatic heterocycles. The van der Waals surface area contributed by atoms with Crippen molar-refractivity contribution in [2.75, 3.05) is 19.6 Å². The summed E-state index contributed by atoms with van der Waals surface area (Å²) in [4.78, 5) is 60.6. The highest BCUT2D eigenvalue weighted by molar-refractivity contribution is 7.80. The standard InChI is InChI=1S/C22H38N6O5S/c1-13(2)18(19(31)26-16(15(4)29)8-7-10-24-21(23)33)27-22(34)25-9-5-6-11-28-17(30)12-14(3)20(28)32/h13-14,16,18H,5-12H2,1-4H3,(H,26,31)(H3,23,24,33)(H2,25,27,34)/t14?,16-,18-/m0/s1. The van der Waals surface area contributed by atoms with Gasteiger partial charge in [0.2, 0.25) is 17.7 Å². The average molecular weight is 499 g/mol. The van der Waals surface area contributed by atoms with E-state index in [-0.39, 0.29) is 41.8 Å². The minimum atomic E-state index is -0.675. The van der Waals surface area contributed by atoms with Gasteiger partial charge < -0.3 is 27.0 Å². The summed E-state index contributed by atoms with van der Waals surface area (Å²) in [6.07, 6.45) is 2.48. The molecule has 1 aliphatic rings. The molecule has 1 heterocycles. The third-order valence-corrected chi connectivity index (χ3v) is 5.84. The lowest BCUT2D eigenvalue weighted by Crippen LogP contribution is -2.55. The lowest BCUT2D eigenvalue weighted by Gasteiger charge is -2.26. The molecular weight excluding hydrogens is 460 g/mol. The first-order valence-electron chi connectivity index (χ1n) is 11.7. The molecule has 1 rings (SSSR count). The molecule has 0 aromatic heterocycles. The second kappa shape index (κ2) is 14.5. The molecule has 11 nitrogen and oxygen atoms in total. The van der Waals surface area contributed by atoms with E-state index in [9.17, 15) is 24.0 Å². The number of imide groups is 1. The van der Waals surface area contributed by atoms with Crippen molar-refractivity contribution in [2.24, 2.45) is 17.6 Å². The van der Waals surface area contributed by atoms with Gasteiger partial charge in [-0.15, -0.1) is 0 Å². The van der Waals surface area contributed by atoms with Crippen LogP contribution < -0.4 is 27.0 Å². The predicted molar refractivity (Wildman–Crippen MR) is 132 cm³/mol. The fourth-order valence-corrected chi connectivity index (χ4v) is 3.79. The van der Waals surface area contributed by atoms with Crippen LogP contribution in [0.15, 0.2) is 0 Å². The molecule has 5 amide bonds. The number of carbonyl (C=O) groups excluding carboxylic acids is 5. The quantitative estimate of drug-likeness (QED) is 0.129. The lowest BCUT2D eigenvalue weighted by atomic mass is 10.0. The summed E-state index contributed by atoms with van der Waals surface area (Å²) < 4.78 is 0. The van der Waals surface area contributed by atoms with Gasteiger partial charge in [0.25, 0.3) is 0 Å². The summed E-state index contributed by atoms with van der Waals surface area (Å²) in [5.74, 6) is -1.10. The summed E-state index contributed by atoms with van der Waals surface area (Å²) in [6.45, 7) is 8.12. The first-order chi connectivity index (χ1) is 15.9. The number of ketones is 1. The fraction of sp³-hybridized carbons (Fsp3) is 0.727. The SMILES string of the molecule is CC(=O)[C@H](CCCNC(N)=O)NC(=O)[C@@H](NC(=S)NCCCCN1C(=O)CC(C)C1=O)C(C)C. The molecule has 1 fully saturated rings. The van der Waals surface area contributed by atoms with Crippen LogP contribution in [-0.2, 0) is 19.2 Å². The van der Waals surface area contributed by atoms with Crippen LogP contribution >= 0.6 is 12.2 Å². The van der Waals surface area contributed by atoms with Crippen molar-refractivity contribution in [1.29, 1.82) is 0 Å². The predicted octanol–water partition coefficient (Wildman–Crippen LogP) is 0.173. The van der Waals surface area contributed by atoms with Crippen LogP contribution in [0.3, 0.4) is 0 Å². The Labute approximate surface area is 206 Å². The number of nitrogens with one attached hydrogen (secondary N) is 4. The van der Waals surface area contributed by atoms with Gasteiger partial charge in [-0.3, -0.25) is 24.1 Å². The van der Waals surface area contributed by atoms with Crippen LogP contribution in [0.25, 0.3) is 0 Å². The highest BCUT2D eigenvalue weighted by Crippen LogP contribution is 2.18. The zero-order chi connectivity index (χ0) is 25.8. The van der Waals surface area contributed by atoms with Crippen molar-refractivity contribution in [3.05, 3.63) is 0 Å². The van der Waals surface area contributed by atoms with Gasteiger partial charge in [0.15, 0.2) is 10.9 Å². The molecule has 0 aromatic carbocycles. The topological polar surface area (TPSA) is 163 Å². The van der Waals surface area contributed by atoms with Crippen LogP contribution in [0.4, 0.5) is 4.79 Å². The highest BCUT2D eigenvalue weighted by atomic mass is 32.1. The maximum atomic E-state index is 12.8. The van der Waals surface area contributed by atoms with E-state index in [4.69, 9.17) is 18.0 Å². The number of carbonyl (C=O) groups is 5. The summed E-state index contributed by atoms with van der Waals surface area (Å²) in [5, 5.41) is 11.6. The first kappa shape index (κ1) is 29.3. The number of hydrogen-bond acceptors (Lipinski definition) is 6. The van der Waals surface area contributed by atoms with Gasteiger partial charge in [0.1, 0.15) is 6.04 Å². The maximum Gasteiger partial charge on any atom is 0.312 e. The van der Waals surface area contributed by atoms with Gasteiger partial charge in [0, 0.05) is 32.0 Å². The molecule has 0 radical (unpaired) electrons. The van der Waals surface area contributed by atoms with E-state index in [1.54, 1.807) is 6.92 Å². The van der Waals surface area contributed by atoms with Gasteiger partial charge in [-0.2, -0.15) is 0 Å². The van der Waals surface area contributed by atoms with E-state index in [1.165, 1.54) is 11.8 Å². The number of unbranched alkanes of at least 4 members (excludes halogenated alkanes) is 1. The number of nitrogens with zero attached hydrogens (tertiary/aromatic N) is 1. The number of primary amides is 1. The Bertz CT molecular complexity index is 775. The van der Waals surface area contributed by atoms with Gasteiger partial charge in [0.05, 0.1) is 6.04 Å². The molecule has 0 bridgehead atoms. The summed E-state index contributed by atoms with van der Waals surface area (Å²) in [5.41, 5.74) is 5.02. The summed E-state index contributed by atoms with van der Waals surface area (Å²) in [6, 6.07) is -1.96. The molecular formula is C22H38N6O5S. The molecule has 1 saturated heterocycles. The van der Waals surface area contributed by atoms with Crippen LogP contribution in [0, 0.1) is 11.8 Å². The van der Waals surface area contributed by atoms with Crippen molar-refractivity contribution in [2.45, 2.75) is 71.9 Å². The Hall–Kier alpha value is -2.76. The van der Waals surface area contributed by atoms with Crippen LogP contribution in [0.2, 0.25) is 0 Å². The van der Waals surface area contributed by atoms with E-state index in [0.29, 0.717) is 50.4 Å². The summed E-state index contributed by atoms with van der Waals surface area (Å²) in [7, 11) is 0. The number of likely N-dealkylation sites (tertiary alicyclic amines) is 1. The smallest absolute Gasteiger partial charge is 0.312 e. The third kappa shape index (κ3) is 10.0. The number of amides is 5. The van der Waals surface area contributed by atoms with Gasteiger partial charge >= 0.3 is 6.03 Å². The van der Waals surface area contributed by atoms with Gasteiger partial charge in [-0.05, 0) is 50.7 Å². The van der Waals surface area contributed by atoms with E-state index in [1.807, 2.05) is 13.8 Å². The number of urea groups is 1. The lowest BCUT2D eigenvalue weighted by molar-refractivity contribution is -0.139. The number of nitrogens with two attached hydrogens (primary N) is 1. The number of thiocarbonyl (C=S) groups is 1. The maximum absolute atomic E-state index is 12.8. The number of Topliss-reactive ketones (excluding diaryl/α,β-unsaturated/α-hetero) is 1. The number of hydrogen-bond donors (Lipinski definition) is 5. The van der Waals surface area contributed by atoms with Crippen molar-refractivity contribution in [3.63, 3.8) is 0 Å². The van der Waals surface area contributed by atoms with E-state index in [0.717, 1.165) is 0 Å². The molecule has 12 heteroatoms. The van der Waals surface area contributed by atoms with Crippen molar-refractivity contribution >= 4 is 46.9 Å². The second-order valence-corrected chi connectivity index (χ2v) is 9.33. The monoisotopic (exact) mass is 498 g/mol. The molecule has 1 unspecified atom stereocenters. The molecule has 0 aromatic rings. The molecule has 0 saturated carbocycles. The van der Waals surface area contributed by atoms with Crippen molar-refractivity contribution in [1.82, 2.24) is 26.2 Å². The van der Waals surface area contributed by atoms with Crippen molar-refractivity contribution < 1.29 is 24.0 Å². The van der Waals surface area contributed by atoms with Crippen molar-refractivity contribution in [3.8, 4) is 0 Å². The van der Waals surface area contributed by atoms with E-state index >= 15 is 0 Å². The molecule has 0 aliphatic carbocycles. The third-order valence-electron chi connectivity index (χ3n) is 5.58. The zero-order valence-electron chi connectivity index (χ0n) is 20.4. The fourth-order valence-electron chi connectivity index (χ4n) is 3.56. The van der Waals surface area contributed by atoms with Crippen LogP contribution in [0.5, 0.6) is 0 Å². The molecule has 6 N–H and O–H groups in total. The minimum Gasteiger partial charge on any atom is -0.363 e. The second-order valence-electron chi connectivity index (χ2n) is 8.92. The minimum absolute atomic E-state index is 0.0990. The number of rotatable bonds is 14. The normalized spacial score (nSPS) is 17.3. The molecule has 34 heavy (non-hydrogen) atoms. The highest BCUT2D eigenvalue weighted by Gasteiger charge is 2.34. The first-order valence-corrected chi connectivity index (χ1v) is 12.1. The Morgan fingerprint density at radius 2 is 1.74 bits per heavy atom. The largest absolute Gasteiger partial charge is 0.363 e. The Kier molecular flexibility index (Phi) is 12.5. The zero-order valence-corrected chi connectivity index (χ0v) is 21.3. The molecule has 3 atom stereocenters.